The normalized spacial score (nSPS) is 16.2. The van der Waals surface area contributed by atoms with Crippen LogP contribution in [0.5, 0.6) is 0 Å². The number of hydrogen-bond donors (Lipinski definition) is 2. The van der Waals surface area contributed by atoms with E-state index in [4.69, 9.17) is 9.84 Å². The van der Waals surface area contributed by atoms with Crippen molar-refractivity contribution in [3.05, 3.63) is 35.4 Å². The molecule has 1 saturated carbocycles. The fourth-order valence-corrected chi connectivity index (χ4v) is 2.86. The van der Waals surface area contributed by atoms with Crippen molar-refractivity contribution in [2.75, 3.05) is 6.54 Å². The number of carbonyl (C=O) groups is 2. The predicted octanol–water partition coefficient (Wildman–Crippen LogP) is 2.78. The quantitative estimate of drug-likeness (QED) is 0.772. The number of amides is 1. The minimum atomic E-state index is -0.931. The van der Waals surface area contributed by atoms with Gasteiger partial charge >= 0.3 is 5.97 Å². The highest BCUT2D eigenvalue weighted by molar-refractivity contribution is 5.87. The van der Waals surface area contributed by atoms with Gasteiger partial charge < -0.3 is 15.2 Å². The van der Waals surface area contributed by atoms with Crippen LogP contribution in [0.4, 0.5) is 0 Å². The van der Waals surface area contributed by atoms with Gasteiger partial charge in [-0.25, -0.2) is 4.79 Å². The molecule has 0 saturated heterocycles. The molecule has 1 aromatic carbocycles. The first kappa shape index (κ1) is 17.5. The first-order valence-corrected chi connectivity index (χ1v) is 8.35. The molecular formula is C18H25NO4. The molecule has 1 aliphatic rings. The second kappa shape index (κ2) is 8.67. The van der Waals surface area contributed by atoms with Crippen LogP contribution in [0.1, 0.15) is 54.9 Å². The van der Waals surface area contributed by atoms with Crippen LogP contribution in [0.25, 0.3) is 0 Å². The van der Waals surface area contributed by atoms with Crippen molar-refractivity contribution in [2.24, 2.45) is 0 Å². The molecule has 0 spiro atoms. The largest absolute Gasteiger partial charge is 0.478 e. The van der Waals surface area contributed by atoms with Crippen molar-refractivity contribution in [2.45, 2.75) is 57.7 Å². The van der Waals surface area contributed by atoms with Crippen LogP contribution in [-0.4, -0.2) is 35.7 Å². The summed E-state index contributed by atoms with van der Waals surface area (Å²) in [6.07, 6.45) is 5.70. The molecule has 23 heavy (non-hydrogen) atoms. The summed E-state index contributed by atoms with van der Waals surface area (Å²) in [6, 6.07) is 6.72. The number of rotatable bonds is 8. The molecule has 1 fully saturated rings. The van der Waals surface area contributed by atoms with Gasteiger partial charge in [-0.05, 0) is 43.4 Å². The minimum absolute atomic E-state index is 0.0541. The monoisotopic (exact) mass is 319 g/mol. The number of aromatic carboxylic acids is 1. The van der Waals surface area contributed by atoms with Gasteiger partial charge in [0.1, 0.15) is 6.10 Å². The standard InChI is InChI=1S/C18H25NO4/c1-2-16(23-15-5-3-4-6-15)17(20)19-12-11-13-7-9-14(10-8-13)18(21)22/h7-10,15-16H,2-6,11-12H2,1H3,(H,19,20)(H,21,22). The Hall–Kier alpha value is -1.88. The van der Waals surface area contributed by atoms with Crippen LogP contribution in [0.2, 0.25) is 0 Å². The number of nitrogens with one attached hydrogen (secondary N) is 1. The number of hydrogen-bond acceptors (Lipinski definition) is 3. The molecule has 2 rings (SSSR count). The van der Waals surface area contributed by atoms with Gasteiger partial charge in [-0.1, -0.05) is 31.9 Å². The molecular weight excluding hydrogens is 294 g/mol. The molecule has 126 valence electrons. The Balaban J connectivity index is 1.75. The van der Waals surface area contributed by atoms with Crippen molar-refractivity contribution in [1.29, 1.82) is 0 Å². The molecule has 5 nitrogen and oxygen atoms in total. The summed E-state index contributed by atoms with van der Waals surface area (Å²) in [4.78, 5) is 23.0. The molecule has 0 heterocycles. The summed E-state index contributed by atoms with van der Waals surface area (Å²) in [5.74, 6) is -0.985. The Labute approximate surface area is 137 Å². The molecule has 1 atom stereocenters. The van der Waals surface area contributed by atoms with E-state index in [0.29, 0.717) is 19.4 Å². The lowest BCUT2D eigenvalue weighted by atomic mass is 10.1. The van der Waals surface area contributed by atoms with Gasteiger partial charge in [0.05, 0.1) is 11.7 Å². The first-order valence-electron chi connectivity index (χ1n) is 8.35. The molecule has 1 aromatic rings. The molecule has 1 unspecified atom stereocenters. The van der Waals surface area contributed by atoms with Crippen LogP contribution in [0.3, 0.4) is 0 Å². The summed E-state index contributed by atoms with van der Waals surface area (Å²) in [5, 5.41) is 11.8. The SMILES string of the molecule is CCC(OC1CCCC1)C(=O)NCCc1ccc(C(=O)O)cc1. The Morgan fingerprint density at radius 2 is 1.91 bits per heavy atom. The van der Waals surface area contributed by atoms with E-state index in [0.717, 1.165) is 18.4 Å². The number of carboxylic acids is 1. The van der Waals surface area contributed by atoms with Crippen LogP contribution in [0, 0.1) is 0 Å². The number of carbonyl (C=O) groups excluding carboxylic acids is 1. The van der Waals surface area contributed by atoms with Gasteiger partial charge in [0.25, 0.3) is 0 Å². The highest BCUT2D eigenvalue weighted by Gasteiger charge is 2.23. The van der Waals surface area contributed by atoms with E-state index in [1.165, 1.54) is 12.8 Å². The van der Waals surface area contributed by atoms with Crippen molar-refractivity contribution >= 4 is 11.9 Å². The summed E-state index contributed by atoms with van der Waals surface area (Å²) < 4.78 is 5.89. The molecule has 1 amide bonds. The zero-order valence-electron chi connectivity index (χ0n) is 13.6. The second-order valence-corrected chi connectivity index (χ2v) is 5.98. The Morgan fingerprint density at radius 3 is 2.48 bits per heavy atom. The zero-order chi connectivity index (χ0) is 16.7. The fraction of sp³-hybridized carbons (Fsp3) is 0.556. The Morgan fingerprint density at radius 1 is 1.26 bits per heavy atom. The third-order valence-electron chi connectivity index (χ3n) is 4.24. The lowest BCUT2D eigenvalue weighted by Gasteiger charge is -2.20. The van der Waals surface area contributed by atoms with Gasteiger partial charge in [-0.2, -0.15) is 0 Å². The maximum atomic E-state index is 12.2. The third-order valence-corrected chi connectivity index (χ3v) is 4.24. The highest BCUT2D eigenvalue weighted by atomic mass is 16.5. The van der Waals surface area contributed by atoms with E-state index in [1.807, 2.05) is 6.92 Å². The van der Waals surface area contributed by atoms with E-state index in [-0.39, 0.29) is 23.7 Å². The molecule has 0 bridgehead atoms. The summed E-state index contributed by atoms with van der Waals surface area (Å²) in [6.45, 7) is 2.49. The Bertz CT molecular complexity index is 520. The van der Waals surface area contributed by atoms with E-state index in [1.54, 1.807) is 24.3 Å². The molecule has 0 aromatic heterocycles. The molecule has 5 heteroatoms. The maximum Gasteiger partial charge on any atom is 0.335 e. The van der Waals surface area contributed by atoms with E-state index in [2.05, 4.69) is 5.32 Å². The van der Waals surface area contributed by atoms with E-state index < -0.39 is 5.97 Å². The van der Waals surface area contributed by atoms with Gasteiger partial charge in [0, 0.05) is 6.54 Å². The van der Waals surface area contributed by atoms with Gasteiger partial charge in [-0.3, -0.25) is 4.79 Å². The van der Waals surface area contributed by atoms with E-state index in [9.17, 15) is 9.59 Å². The van der Waals surface area contributed by atoms with E-state index >= 15 is 0 Å². The van der Waals surface area contributed by atoms with Crippen LogP contribution in [0.15, 0.2) is 24.3 Å². The van der Waals surface area contributed by atoms with Crippen molar-refractivity contribution < 1.29 is 19.4 Å². The molecule has 2 N–H and O–H groups in total. The molecule has 1 aliphatic carbocycles. The first-order chi connectivity index (χ1) is 11.1. The third kappa shape index (κ3) is 5.36. The molecule has 0 aliphatic heterocycles. The lowest BCUT2D eigenvalue weighted by Crippen LogP contribution is -2.38. The average molecular weight is 319 g/mol. The number of carboxylic acid groups (broad SMARTS) is 1. The smallest absolute Gasteiger partial charge is 0.335 e. The zero-order valence-corrected chi connectivity index (χ0v) is 13.6. The topological polar surface area (TPSA) is 75.6 Å². The summed E-state index contributed by atoms with van der Waals surface area (Å²) >= 11 is 0. The number of benzene rings is 1. The van der Waals surface area contributed by atoms with Gasteiger partial charge in [0.15, 0.2) is 0 Å². The van der Waals surface area contributed by atoms with Crippen molar-refractivity contribution in [1.82, 2.24) is 5.32 Å². The van der Waals surface area contributed by atoms with Crippen LogP contribution < -0.4 is 5.32 Å². The number of ether oxygens (including phenoxy) is 1. The van der Waals surface area contributed by atoms with Crippen molar-refractivity contribution in [3.63, 3.8) is 0 Å². The minimum Gasteiger partial charge on any atom is -0.478 e. The highest BCUT2D eigenvalue weighted by Crippen LogP contribution is 2.22. The van der Waals surface area contributed by atoms with Crippen LogP contribution >= 0.6 is 0 Å². The van der Waals surface area contributed by atoms with Crippen molar-refractivity contribution in [3.8, 4) is 0 Å². The predicted molar refractivity (Wildman–Crippen MR) is 87.5 cm³/mol. The van der Waals surface area contributed by atoms with Crippen LogP contribution in [-0.2, 0) is 16.0 Å². The summed E-state index contributed by atoms with van der Waals surface area (Å²) in [7, 11) is 0. The van der Waals surface area contributed by atoms with Gasteiger partial charge in [0.2, 0.25) is 5.91 Å². The molecule has 0 radical (unpaired) electrons. The second-order valence-electron chi connectivity index (χ2n) is 5.98. The Kier molecular flexibility index (Phi) is 6.59. The lowest BCUT2D eigenvalue weighted by molar-refractivity contribution is -0.136. The maximum absolute atomic E-state index is 12.2. The summed E-state index contributed by atoms with van der Waals surface area (Å²) in [5.41, 5.74) is 1.27. The van der Waals surface area contributed by atoms with Gasteiger partial charge in [-0.15, -0.1) is 0 Å². The fourth-order valence-electron chi connectivity index (χ4n) is 2.86. The average Bonchev–Trinajstić information content (AvgIpc) is 3.06.